The number of hydrogen-bond donors (Lipinski definition) is 0. The normalized spacial score (nSPS) is 13.9. The molecule has 0 saturated heterocycles. The van der Waals surface area contributed by atoms with E-state index >= 15 is 0 Å². The van der Waals surface area contributed by atoms with Crippen LogP contribution in [0.3, 0.4) is 0 Å². The molecule has 0 aliphatic heterocycles. The van der Waals surface area contributed by atoms with E-state index in [4.69, 9.17) is 9.40 Å². The van der Waals surface area contributed by atoms with Crippen molar-refractivity contribution in [3.63, 3.8) is 0 Å². The molecule has 0 radical (unpaired) electrons. The van der Waals surface area contributed by atoms with Gasteiger partial charge in [0, 0.05) is 10.9 Å². The first-order chi connectivity index (χ1) is 12.3. The molecule has 25 heavy (non-hydrogen) atoms. The van der Waals surface area contributed by atoms with Crippen LogP contribution in [-0.2, 0) is 12.8 Å². The Morgan fingerprint density at radius 1 is 1.16 bits per heavy atom. The van der Waals surface area contributed by atoms with Gasteiger partial charge in [-0.1, -0.05) is 12.1 Å². The second kappa shape index (κ2) is 5.70. The number of benzene rings is 1. The highest BCUT2D eigenvalue weighted by atomic mass is 32.1. The van der Waals surface area contributed by atoms with Crippen LogP contribution in [0.4, 0.5) is 0 Å². The van der Waals surface area contributed by atoms with Gasteiger partial charge >= 0.3 is 0 Å². The minimum absolute atomic E-state index is 0.582. The van der Waals surface area contributed by atoms with Crippen molar-refractivity contribution in [2.75, 3.05) is 0 Å². The van der Waals surface area contributed by atoms with Crippen molar-refractivity contribution in [2.45, 2.75) is 25.7 Å². The SMILES string of the molecule is O=Cc1c(-c2ccc3c(c2)CCCC3)nc2scc(-c3ccco3)n12. The topological polar surface area (TPSA) is 47.5 Å². The quantitative estimate of drug-likeness (QED) is 0.489. The van der Waals surface area contributed by atoms with Gasteiger partial charge in [0.25, 0.3) is 0 Å². The van der Waals surface area contributed by atoms with Crippen LogP contribution in [0.1, 0.15) is 34.5 Å². The average Bonchev–Trinajstić information content (AvgIpc) is 3.37. The number of thiazole rings is 1. The van der Waals surface area contributed by atoms with E-state index in [9.17, 15) is 4.79 Å². The Bertz CT molecular complexity index is 1070. The lowest BCUT2D eigenvalue weighted by Crippen LogP contribution is -2.02. The van der Waals surface area contributed by atoms with Gasteiger partial charge in [-0.2, -0.15) is 0 Å². The summed E-state index contributed by atoms with van der Waals surface area (Å²) in [6, 6.07) is 10.2. The van der Waals surface area contributed by atoms with Crippen LogP contribution < -0.4 is 0 Å². The number of aromatic nitrogens is 2. The molecule has 0 saturated carbocycles. The van der Waals surface area contributed by atoms with E-state index in [1.54, 1.807) is 6.26 Å². The van der Waals surface area contributed by atoms with Gasteiger partial charge in [-0.15, -0.1) is 11.3 Å². The molecule has 1 aromatic carbocycles. The van der Waals surface area contributed by atoms with Crippen LogP contribution in [0.5, 0.6) is 0 Å². The molecule has 0 spiro atoms. The first-order valence-corrected chi connectivity index (χ1v) is 9.34. The number of hydrogen-bond acceptors (Lipinski definition) is 4. The Morgan fingerprint density at radius 2 is 2.04 bits per heavy atom. The number of fused-ring (bicyclic) bond motifs is 2. The first-order valence-electron chi connectivity index (χ1n) is 8.46. The molecule has 0 fully saturated rings. The minimum atomic E-state index is 0.582. The Morgan fingerprint density at radius 3 is 2.84 bits per heavy atom. The lowest BCUT2D eigenvalue weighted by atomic mass is 9.90. The second-order valence-corrected chi connectivity index (χ2v) is 7.21. The number of imidazole rings is 1. The van der Waals surface area contributed by atoms with Gasteiger partial charge in [-0.3, -0.25) is 9.20 Å². The number of aldehydes is 1. The Kier molecular flexibility index (Phi) is 3.35. The largest absolute Gasteiger partial charge is 0.463 e. The average molecular weight is 348 g/mol. The summed E-state index contributed by atoms with van der Waals surface area (Å²) < 4.78 is 7.41. The second-order valence-electron chi connectivity index (χ2n) is 6.37. The van der Waals surface area contributed by atoms with Crippen molar-refractivity contribution in [1.82, 2.24) is 9.38 Å². The Balaban J connectivity index is 1.71. The predicted octanol–water partition coefficient (Wildman–Crippen LogP) is 5.01. The number of aryl methyl sites for hydroxylation is 2. The van der Waals surface area contributed by atoms with E-state index < -0.39 is 0 Å². The molecule has 4 nitrogen and oxygen atoms in total. The van der Waals surface area contributed by atoms with Crippen molar-refractivity contribution in [3.8, 4) is 22.7 Å². The molecule has 124 valence electrons. The Labute approximate surface area is 148 Å². The van der Waals surface area contributed by atoms with Crippen molar-refractivity contribution >= 4 is 22.6 Å². The third-order valence-electron chi connectivity index (χ3n) is 4.91. The molecule has 3 aromatic heterocycles. The van der Waals surface area contributed by atoms with Gasteiger partial charge in [-0.05, 0) is 55.0 Å². The predicted molar refractivity (Wildman–Crippen MR) is 98.2 cm³/mol. The summed E-state index contributed by atoms with van der Waals surface area (Å²) in [5.41, 5.74) is 6.04. The molecule has 5 rings (SSSR count). The molecule has 4 aromatic rings. The van der Waals surface area contributed by atoms with Gasteiger partial charge in [0.05, 0.1) is 6.26 Å². The van der Waals surface area contributed by atoms with E-state index in [1.807, 2.05) is 21.9 Å². The zero-order chi connectivity index (χ0) is 16.8. The molecule has 3 heterocycles. The number of furan rings is 1. The Hall–Kier alpha value is -2.66. The molecule has 0 unspecified atom stereocenters. The number of nitrogens with zero attached hydrogens (tertiary/aromatic N) is 2. The van der Waals surface area contributed by atoms with Gasteiger partial charge in [-0.25, -0.2) is 4.98 Å². The molecule has 1 aliphatic carbocycles. The maximum absolute atomic E-state index is 11.9. The number of carbonyl (C=O) groups is 1. The molecule has 0 N–H and O–H groups in total. The van der Waals surface area contributed by atoms with E-state index in [-0.39, 0.29) is 0 Å². The third kappa shape index (κ3) is 2.27. The molecule has 1 aliphatic rings. The number of rotatable bonds is 3. The fourth-order valence-electron chi connectivity index (χ4n) is 3.68. The highest BCUT2D eigenvalue weighted by molar-refractivity contribution is 7.15. The van der Waals surface area contributed by atoms with E-state index in [1.165, 1.54) is 35.3 Å². The number of carbonyl (C=O) groups excluding carboxylic acids is 1. The molecule has 0 atom stereocenters. The van der Waals surface area contributed by atoms with Gasteiger partial charge in [0.1, 0.15) is 17.1 Å². The van der Waals surface area contributed by atoms with Gasteiger partial charge < -0.3 is 4.42 Å². The van der Waals surface area contributed by atoms with Crippen LogP contribution >= 0.6 is 11.3 Å². The summed E-state index contributed by atoms with van der Waals surface area (Å²) in [5.74, 6) is 0.740. The van der Waals surface area contributed by atoms with Crippen LogP contribution in [0.25, 0.3) is 27.7 Å². The smallest absolute Gasteiger partial charge is 0.195 e. The highest BCUT2D eigenvalue weighted by Crippen LogP contribution is 2.34. The summed E-state index contributed by atoms with van der Waals surface area (Å²) in [6.07, 6.45) is 7.29. The van der Waals surface area contributed by atoms with Crippen LogP contribution in [0, 0.1) is 0 Å². The van der Waals surface area contributed by atoms with E-state index in [2.05, 4.69) is 18.2 Å². The fourth-order valence-corrected chi connectivity index (χ4v) is 4.56. The molecular formula is C20H16N2O2S. The van der Waals surface area contributed by atoms with Gasteiger partial charge in [0.15, 0.2) is 17.0 Å². The van der Waals surface area contributed by atoms with Crippen molar-refractivity contribution in [3.05, 3.63) is 58.8 Å². The lowest BCUT2D eigenvalue weighted by Gasteiger charge is -2.16. The standard InChI is InChI=1S/C20H16N2O2S/c23-11-16-19(15-8-7-13-4-1-2-5-14(13)10-15)21-20-22(16)17(12-25-20)18-6-3-9-24-18/h3,6-12H,1-2,4-5H2. The van der Waals surface area contributed by atoms with Crippen LogP contribution in [-0.4, -0.2) is 15.7 Å². The zero-order valence-electron chi connectivity index (χ0n) is 13.6. The minimum Gasteiger partial charge on any atom is -0.463 e. The van der Waals surface area contributed by atoms with Crippen molar-refractivity contribution in [1.29, 1.82) is 0 Å². The molecule has 0 bridgehead atoms. The summed E-state index contributed by atoms with van der Waals surface area (Å²) >= 11 is 1.52. The fraction of sp³-hybridized carbons (Fsp3) is 0.200. The van der Waals surface area contributed by atoms with Gasteiger partial charge in [0.2, 0.25) is 0 Å². The van der Waals surface area contributed by atoms with E-state index in [0.29, 0.717) is 5.69 Å². The monoisotopic (exact) mass is 348 g/mol. The first kappa shape index (κ1) is 14.7. The van der Waals surface area contributed by atoms with Crippen molar-refractivity contribution < 1.29 is 9.21 Å². The summed E-state index contributed by atoms with van der Waals surface area (Å²) in [5, 5.41) is 1.98. The summed E-state index contributed by atoms with van der Waals surface area (Å²) in [6.45, 7) is 0. The zero-order valence-corrected chi connectivity index (χ0v) is 14.4. The lowest BCUT2D eigenvalue weighted by molar-refractivity contribution is 0.111. The summed E-state index contributed by atoms with van der Waals surface area (Å²) in [4.78, 5) is 17.4. The van der Waals surface area contributed by atoms with Crippen molar-refractivity contribution in [2.24, 2.45) is 0 Å². The maximum Gasteiger partial charge on any atom is 0.195 e. The van der Waals surface area contributed by atoms with Crippen LogP contribution in [0.2, 0.25) is 0 Å². The van der Waals surface area contributed by atoms with E-state index in [0.717, 1.165) is 46.8 Å². The highest BCUT2D eigenvalue weighted by Gasteiger charge is 2.20. The molecular weight excluding hydrogens is 332 g/mol. The molecule has 0 amide bonds. The molecule has 5 heteroatoms. The summed E-state index contributed by atoms with van der Waals surface area (Å²) in [7, 11) is 0. The third-order valence-corrected chi connectivity index (χ3v) is 5.73. The van der Waals surface area contributed by atoms with Crippen LogP contribution in [0.15, 0.2) is 46.4 Å². The maximum atomic E-state index is 11.9.